The first-order valence-corrected chi connectivity index (χ1v) is 5.38. The van der Waals surface area contributed by atoms with Gasteiger partial charge in [-0.05, 0) is 25.1 Å². The van der Waals surface area contributed by atoms with Gasteiger partial charge in [-0.3, -0.25) is 4.79 Å². The van der Waals surface area contributed by atoms with Gasteiger partial charge in [0, 0.05) is 23.9 Å². The molecule has 4 heteroatoms. The number of nitrogens with zero attached hydrogens (tertiary/aromatic N) is 1. The van der Waals surface area contributed by atoms with Crippen molar-refractivity contribution in [2.75, 3.05) is 5.73 Å². The highest BCUT2D eigenvalue weighted by molar-refractivity contribution is 5.63. The van der Waals surface area contributed by atoms with E-state index in [1.54, 1.807) is 22.8 Å². The van der Waals surface area contributed by atoms with Gasteiger partial charge in [0.2, 0.25) is 0 Å². The Morgan fingerprint density at radius 1 is 1.29 bits per heavy atom. The lowest BCUT2D eigenvalue weighted by atomic mass is 10.1. The standard InChI is InChI=1S/C13H13FN2O/c1-2-16-12(7-11(15)8-13(16)17)9-4-3-5-10(14)6-9/h3-8H,2,15H2,1H3. The normalized spacial score (nSPS) is 10.5. The summed E-state index contributed by atoms with van der Waals surface area (Å²) in [7, 11) is 0. The molecule has 0 saturated carbocycles. The van der Waals surface area contributed by atoms with Crippen molar-refractivity contribution in [1.82, 2.24) is 4.57 Å². The molecule has 2 N–H and O–H groups in total. The van der Waals surface area contributed by atoms with Crippen LogP contribution in [0.15, 0.2) is 41.2 Å². The fourth-order valence-electron chi connectivity index (χ4n) is 1.83. The van der Waals surface area contributed by atoms with Crippen LogP contribution in [-0.2, 0) is 6.54 Å². The van der Waals surface area contributed by atoms with Gasteiger partial charge in [-0.25, -0.2) is 4.39 Å². The Morgan fingerprint density at radius 2 is 2.06 bits per heavy atom. The molecule has 1 aromatic carbocycles. The van der Waals surface area contributed by atoms with Crippen LogP contribution in [0.1, 0.15) is 6.92 Å². The largest absolute Gasteiger partial charge is 0.399 e. The number of halogens is 1. The SMILES string of the molecule is CCn1c(-c2cccc(F)c2)cc(N)cc1=O. The maximum Gasteiger partial charge on any atom is 0.253 e. The molecule has 0 saturated heterocycles. The van der Waals surface area contributed by atoms with Gasteiger partial charge in [0.05, 0.1) is 5.69 Å². The number of nitrogen functional groups attached to an aromatic ring is 1. The van der Waals surface area contributed by atoms with Crippen LogP contribution in [0.2, 0.25) is 0 Å². The van der Waals surface area contributed by atoms with Crippen LogP contribution in [0.4, 0.5) is 10.1 Å². The van der Waals surface area contributed by atoms with Crippen molar-refractivity contribution in [2.45, 2.75) is 13.5 Å². The molecule has 0 atom stereocenters. The van der Waals surface area contributed by atoms with Crippen molar-refractivity contribution >= 4 is 5.69 Å². The van der Waals surface area contributed by atoms with Crippen molar-refractivity contribution in [1.29, 1.82) is 0 Å². The van der Waals surface area contributed by atoms with Crippen LogP contribution in [-0.4, -0.2) is 4.57 Å². The van der Waals surface area contributed by atoms with Gasteiger partial charge in [-0.2, -0.15) is 0 Å². The maximum atomic E-state index is 13.2. The van der Waals surface area contributed by atoms with E-state index >= 15 is 0 Å². The third-order valence-corrected chi connectivity index (χ3v) is 2.59. The molecule has 0 amide bonds. The fourth-order valence-corrected chi connectivity index (χ4v) is 1.83. The smallest absolute Gasteiger partial charge is 0.253 e. The summed E-state index contributed by atoms with van der Waals surface area (Å²) in [6, 6.07) is 9.17. The molecule has 17 heavy (non-hydrogen) atoms. The lowest BCUT2D eigenvalue weighted by molar-refractivity contribution is 0.627. The molecule has 1 heterocycles. The number of nitrogens with two attached hydrogens (primary N) is 1. The van der Waals surface area contributed by atoms with Gasteiger partial charge in [-0.15, -0.1) is 0 Å². The number of aromatic nitrogens is 1. The molecule has 0 radical (unpaired) electrons. The number of anilines is 1. The zero-order valence-corrected chi connectivity index (χ0v) is 9.48. The average molecular weight is 232 g/mol. The van der Waals surface area contributed by atoms with Crippen LogP contribution < -0.4 is 11.3 Å². The van der Waals surface area contributed by atoms with Crippen molar-refractivity contribution in [3.63, 3.8) is 0 Å². The molecular formula is C13H13FN2O. The Kier molecular flexibility index (Phi) is 2.95. The van der Waals surface area contributed by atoms with E-state index in [9.17, 15) is 9.18 Å². The molecule has 3 nitrogen and oxygen atoms in total. The molecule has 0 aliphatic rings. The predicted octanol–water partition coefficient (Wildman–Crippen LogP) is 2.26. The monoisotopic (exact) mass is 232 g/mol. The van der Waals surface area contributed by atoms with Crippen LogP contribution in [0.25, 0.3) is 11.3 Å². The van der Waals surface area contributed by atoms with Gasteiger partial charge in [0.25, 0.3) is 5.56 Å². The Bertz CT molecular complexity index is 605. The highest BCUT2D eigenvalue weighted by atomic mass is 19.1. The summed E-state index contributed by atoms with van der Waals surface area (Å²) in [4.78, 5) is 11.7. The quantitative estimate of drug-likeness (QED) is 0.863. The van der Waals surface area contributed by atoms with Crippen LogP contribution in [0.5, 0.6) is 0 Å². The van der Waals surface area contributed by atoms with E-state index in [0.717, 1.165) is 0 Å². The molecular weight excluding hydrogens is 219 g/mol. The second-order valence-electron chi connectivity index (χ2n) is 3.77. The van der Waals surface area contributed by atoms with Gasteiger partial charge in [0.1, 0.15) is 5.82 Å². The fraction of sp³-hybridized carbons (Fsp3) is 0.154. The molecule has 0 aliphatic carbocycles. The minimum Gasteiger partial charge on any atom is -0.399 e. The number of pyridine rings is 1. The Balaban J connectivity index is 2.70. The van der Waals surface area contributed by atoms with Crippen LogP contribution in [0, 0.1) is 5.82 Å². The maximum absolute atomic E-state index is 13.2. The average Bonchev–Trinajstić information content (AvgIpc) is 2.28. The van der Waals surface area contributed by atoms with E-state index in [4.69, 9.17) is 5.73 Å². The van der Waals surface area contributed by atoms with Crippen molar-refractivity contribution in [3.05, 3.63) is 52.6 Å². The zero-order valence-electron chi connectivity index (χ0n) is 9.48. The first-order chi connectivity index (χ1) is 8.11. The first kappa shape index (κ1) is 11.4. The highest BCUT2D eigenvalue weighted by Crippen LogP contribution is 2.20. The van der Waals surface area contributed by atoms with Crippen molar-refractivity contribution in [3.8, 4) is 11.3 Å². The molecule has 0 spiro atoms. The van der Waals surface area contributed by atoms with Crippen molar-refractivity contribution in [2.24, 2.45) is 0 Å². The Hall–Kier alpha value is -2.10. The second kappa shape index (κ2) is 4.41. The van der Waals surface area contributed by atoms with E-state index in [2.05, 4.69) is 0 Å². The first-order valence-electron chi connectivity index (χ1n) is 5.38. The summed E-state index contributed by atoms with van der Waals surface area (Å²) in [5.74, 6) is -0.333. The van der Waals surface area contributed by atoms with Crippen molar-refractivity contribution < 1.29 is 4.39 Å². The molecule has 2 rings (SSSR count). The summed E-state index contributed by atoms with van der Waals surface area (Å²) < 4.78 is 14.7. The topological polar surface area (TPSA) is 48.0 Å². The third-order valence-electron chi connectivity index (χ3n) is 2.59. The lowest BCUT2D eigenvalue weighted by Gasteiger charge is -2.11. The molecule has 0 fully saturated rings. The molecule has 88 valence electrons. The molecule has 0 aliphatic heterocycles. The lowest BCUT2D eigenvalue weighted by Crippen LogP contribution is -2.20. The number of benzene rings is 1. The predicted molar refractivity (Wildman–Crippen MR) is 66.2 cm³/mol. The van der Waals surface area contributed by atoms with E-state index in [-0.39, 0.29) is 11.4 Å². The minimum absolute atomic E-state index is 0.174. The molecule has 1 aromatic heterocycles. The van der Waals surface area contributed by atoms with Gasteiger partial charge in [-0.1, -0.05) is 12.1 Å². The number of hydrogen-bond acceptors (Lipinski definition) is 2. The van der Waals surface area contributed by atoms with Gasteiger partial charge in [0.15, 0.2) is 0 Å². The van der Waals surface area contributed by atoms with Gasteiger partial charge < -0.3 is 10.3 Å². The summed E-state index contributed by atoms with van der Waals surface area (Å²) in [6.45, 7) is 2.38. The van der Waals surface area contributed by atoms with Gasteiger partial charge >= 0.3 is 0 Å². The molecule has 0 bridgehead atoms. The number of hydrogen-bond donors (Lipinski definition) is 1. The van der Waals surface area contributed by atoms with E-state index in [1.807, 2.05) is 6.92 Å². The highest BCUT2D eigenvalue weighted by Gasteiger charge is 2.07. The number of rotatable bonds is 2. The minimum atomic E-state index is -0.333. The third kappa shape index (κ3) is 2.20. The zero-order chi connectivity index (χ0) is 12.4. The molecule has 2 aromatic rings. The molecule has 0 unspecified atom stereocenters. The van der Waals surface area contributed by atoms with E-state index in [1.165, 1.54) is 18.2 Å². The second-order valence-corrected chi connectivity index (χ2v) is 3.77. The summed E-state index contributed by atoms with van der Waals surface area (Å²) in [5, 5.41) is 0. The van der Waals surface area contributed by atoms with E-state index in [0.29, 0.717) is 23.5 Å². The Labute approximate surface area is 98.3 Å². The van der Waals surface area contributed by atoms with E-state index < -0.39 is 0 Å². The Morgan fingerprint density at radius 3 is 2.71 bits per heavy atom. The summed E-state index contributed by atoms with van der Waals surface area (Å²) >= 11 is 0. The van der Waals surface area contributed by atoms with Crippen LogP contribution >= 0.6 is 0 Å². The van der Waals surface area contributed by atoms with Crippen LogP contribution in [0.3, 0.4) is 0 Å². The summed E-state index contributed by atoms with van der Waals surface area (Å²) in [6.07, 6.45) is 0. The summed E-state index contributed by atoms with van der Waals surface area (Å²) in [5.41, 5.74) is 7.15.